The summed E-state index contributed by atoms with van der Waals surface area (Å²) in [6, 6.07) is 5.33. The van der Waals surface area contributed by atoms with Crippen LogP contribution in [0.2, 0.25) is 0 Å². The maximum atomic E-state index is 10.9. The first-order valence-electron chi connectivity index (χ1n) is 4.72. The SMILES string of the molecule is CC(C)c1nc2ccccn2c1[N+](=O)[O-]. The number of nitro groups is 1. The standard InChI is InChI=1S/C10H11N3O2/c1-7(2)9-10(13(14)15)12-6-4-3-5-8(12)11-9/h3-7H,1-2H3. The predicted octanol–water partition coefficient (Wildman–Crippen LogP) is 2.37. The van der Waals surface area contributed by atoms with Gasteiger partial charge < -0.3 is 10.1 Å². The number of fused-ring (bicyclic) bond motifs is 1. The molecule has 0 aliphatic heterocycles. The Hall–Kier alpha value is -1.91. The highest BCUT2D eigenvalue weighted by Crippen LogP contribution is 2.26. The van der Waals surface area contributed by atoms with Crippen molar-refractivity contribution in [2.24, 2.45) is 0 Å². The fraction of sp³-hybridized carbons (Fsp3) is 0.300. The molecule has 0 fully saturated rings. The highest BCUT2D eigenvalue weighted by molar-refractivity contribution is 5.49. The predicted molar refractivity (Wildman–Crippen MR) is 55.9 cm³/mol. The number of imidazole rings is 1. The van der Waals surface area contributed by atoms with Crippen molar-refractivity contribution < 1.29 is 4.92 Å². The molecular formula is C10H11N3O2. The molecule has 5 heteroatoms. The second kappa shape index (κ2) is 3.34. The zero-order valence-corrected chi connectivity index (χ0v) is 8.54. The summed E-state index contributed by atoms with van der Waals surface area (Å²) in [5.41, 5.74) is 1.15. The lowest BCUT2D eigenvalue weighted by atomic mass is 10.1. The van der Waals surface area contributed by atoms with Gasteiger partial charge >= 0.3 is 5.82 Å². The van der Waals surface area contributed by atoms with Crippen LogP contribution in [0.3, 0.4) is 0 Å². The van der Waals surface area contributed by atoms with Crippen molar-refractivity contribution in [1.29, 1.82) is 0 Å². The fourth-order valence-corrected chi connectivity index (χ4v) is 1.57. The van der Waals surface area contributed by atoms with Crippen LogP contribution in [0.4, 0.5) is 5.82 Å². The van der Waals surface area contributed by atoms with Crippen LogP contribution in [-0.2, 0) is 0 Å². The minimum Gasteiger partial charge on any atom is -0.358 e. The number of hydrogen-bond donors (Lipinski definition) is 0. The Morgan fingerprint density at radius 2 is 2.20 bits per heavy atom. The number of aromatic nitrogens is 2. The number of pyridine rings is 1. The molecule has 78 valence electrons. The van der Waals surface area contributed by atoms with Gasteiger partial charge in [-0.3, -0.25) is 0 Å². The summed E-state index contributed by atoms with van der Waals surface area (Å²) in [6.07, 6.45) is 1.66. The summed E-state index contributed by atoms with van der Waals surface area (Å²) in [4.78, 5) is 14.8. The molecule has 0 aliphatic carbocycles. The van der Waals surface area contributed by atoms with E-state index in [4.69, 9.17) is 0 Å². The molecule has 0 saturated heterocycles. The molecule has 0 bridgehead atoms. The van der Waals surface area contributed by atoms with Gasteiger partial charge in [-0.1, -0.05) is 19.9 Å². The molecule has 2 aromatic rings. The van der Waals surface area contributed by atoms with Gasteiger partial charge in [0.05, 0.1) is 6.20 Å². The molecule has 5 nitrogen and oxygen atoms in total. The summed E-state index contributed by atoms with van der Waals surface area (Å²) in [7, 11) is 0. The maximum Gasteiger partial charge on any atom is 0.351 e. The molecule has 0 radical (unpaired) electrons. The van der Waals surface area contributed by atoms with Gasteiger partial charge in [0, 0.05) is 12.0 Å². The highest BCUT2D eigenvalue weighted by atomic mass is 16.6. The van der Waals surface area contributed by atoms with Gasteiger partial charge in [0.25, 0.3) is 0 Å². The molecule has 0 unspecified atom stereocenters. The summed E-state index contributed by atoms with van der Waals surface area (Å²) in [5, 5.41) is 10.9. The monoisotopic (exact) mass is 205 g/mol. The van der Waals surface area contributed by atoms with E-state index in [1.54, 1.807) is 18.3 Å². The van der Waals surface area contributed by atoms with Gasteiger partial charge in [0.15, 0.2) is 0 Å². The first-order chi connectivity index (χ1) is 7.11. The Morgan fingerprint density at radius 1 is 1.47 bits per heavy atom. The molecule has 15 heavy (non-hydrogen) atoms. The molecule has 0 saturated carbocycles. The molecule has 0 N–H and O–H groups in total. The van der Waals surface area contributed by atoms with E-state index in [0.717, 1.165) is 0 Å². The zero-order valence-electron chi connectivity index (χ0n) is 8.54. The van der Waals surface area contributed by atoms with Gasteiger partial charge in [-0.05, 0) is 11.0 Å². The van der Waals surface area contributed by atoms with Crippen LogP contribution >= 0.6 is 0 Å². The van der Waals surface area contributed by atoms with Crippen LogP contribution in [0.25, 0.3) is 5.65 Å². The maximum absolute atomic E-state index is 10.9. The highest BCUT2D eigenvalue weighted by Gasteiger charge is 2.23. The van der Waals surface area contributed by atoms with Crippen LogP contribution in [0, 0.1) is 10.1 Å². The van der Waals surface area contributed by atoms with E-state index in [-0.39, 0.29) is 16.7 Å². The van der Waals surface area contributed by atoms with Crippen molar-refractivity contribution in [1.82, 2.24) is 9.38 Å². The normalized spacial score (nSPS) is 11.1. The summed E-state index contributed by atoms with van der Waals surface area (Å²) in [6.45, 7) is 3.80. The van der Waals surface area contributed by atoms with E-state index in [1.807, 2.05) is 19.9 Å². The van der Waals surface area contributed by atoms with Gasteiger partial charge in [-0.15, -0.1) is 0 Å². The Bertz CT molecular complexity index is 516. The first kappa shape index (κ1) is 9.64. The lowest BCUT2D eigenvalue weighted by Gasteiger charge is -1.99. The molecule has 0 amide bonds. The first-order valence-corrected chi connectivity index (χ1v) is 4.72. The van der Waals surface area contributed by atoms with E-state index in [2.05, 4.69) is 4.98 Å². The van der Waals surface area contributed by atoms with Gasteiger partial charge in [-0.25, -0.2) is 4.98 Å². The Kier molecular flexibility index (Phi) is 2.15. The molecule has 0 aromatic carbocycles. The zero-order chi connectivity index (χ0) is 11.0. The van der Waals surface area contributed by atoms with Crippen molar-refractivity contribution in [3.63, 3.8) is 0 Å². The number of nitrogens with zero attached hydrogens (tertiary/aromatic N) is 3. The van der Waals surface area contributed by atoms with Crippen LogP contribution in [0.15, 0.2) is 24.4 Å². The molecular weight excluding hydrogens is 194 g/mol. The van der Waals surface area contributed by atoms with Crippen molar-refractivity contribution >= 4 is 11.5 Å². The summed E-state index contributed by atoms with van der Waals surface area (Å²) >= 11 is 0. The lowest BCUT2D eigenvalue weighted by Crippen LogP contribution is -1.98. The van der Waals surface area contributed by atoms with Gasteiger partial charge in [0.2, 0.25) is 5.65 Å². The van der Waals surface area contributed by atoms with Crippen molar-refractivity contribution in [2.45, 2.75) is 19.8 Å². The van der Waals surface area contributed by atoms with Crippen molar-refractivity contribution in [3.05, 3.63) is 40.2 Å². The third-order valence-corrected chi connectivity index (χ3v) is 2.25. The smallest absolute Gasteiger partial charge is 0.351 e. The average molecular weight is 205 g/mol. The molecule has 2 aromatic heterocycles. The van der Waals surface area contributed by atoms with Crippen LogP contribution in [0.5, 0.6) is 0 Å². The van der Waals surface area contributed by atoms with Crippen LogP contribution < -0.4 is 0 Å². The molecule has 0 aliphatic rings. The minimum atomic E-state index is -0.380. The number of rotatable bonds is 2. The Morgan fingerprint density at radius 3 is 2.80 bits per heavy atom. The largest absolute Gasteiger partial charge is 0.358 e. The second-order valence-corrected chi connectivity index (χ2v) is 3.66. The number of hydrogen-bond acceptors (Lipinski definition) is 3. The van der Waals surface area contributed by atoms with Gasteiger partial charge in [-0.2, -0.15) is 4.40 Å². The van der Waals surface area contributed by atoms with Crippen molar-refractivity contribution in [2.75, 3.05) is 0 Å². The molecule has 2 heterocycles. The van der Waals surface area contributed by atoms with Crippen molar-refractivity contribution in [3.8, 4) is 0 Å². The third-order valence-electron chi connectivity index (χ3n) is 2.25. The molecule has 0 spiro atoms. The van der Waals surface area contributed by atoms with E-state index < -0.39 is 0 Å². The van der Waals surface area contributed by atoms with E-state index in [0.29, 0.717) is 11.3 Å². The van der Waals surface area contributed by atoms with Crippen LogP contribution in [0.1, 0.15) is 25.5 Å². The second-order valence-electron chi connectivity index (χ2n) is 3.66. The topological polar surface area (TPSA) is 60.4 Å². The fourth-order valence-electron chi connectivity index (χ4n) is 1.57. The average Bonchev–Trinajstić information content (AvgIpc) is 2.56. The third kappa shape index (κ3) is 1.45. The molecule has 2 rings (SSSR count). The Balaban J connectivity index is 2.80. The summed E-state index contributed by atoms with van der Waals surface area (Å²) < 4.78 is 1.51. The minimum absolute atomic E-state index is 0.0466. The van der Waals surface area contributed by atoms with E-state index >= 15 is 0 Å². The van der Waals surface area contributed by atoms with E-state index in [1.165, 1.54) is 4.40 Å². The van der Waals surface area contributed by atoms with E-state index in [9.17, 15) is 10.1 Å². The summed E-state index contributed by atoms with van der Waals surface area (Å²) in [5.74, 6) is 0.117. The van der Waals surface area contributed by atoms with Crippen LogP contribution in [-0.4, -0.2) is 14.3 Å². The quantitative estimate of drug-likeness (QED) is 0.558. The van der Waals surface area contributed by atoms with Gasteiger partial charge in [0.1, 0.15) is 5.69 Å². The Labute approximate surface area is 86.5 Å². The lowest BCUT2D eigenvalue weighted by molar-refractivity contribution is -0.391. The molecule has 0 atom stereocenters.